The molecule has 0 bridgehead atoms. The largest absolute Gasteiger partial charge is 0.416 e. The molecule has 0 spiro atoms. The molecule has 3 aromatic rings. The minimum Gasteiger partial charge on any atom is -0.376 e. The van der Waals surface area contributed by atoms with Crippen molar-refractivity contribution in [2.45, 2.75) is 31.7 Å². The number of carbonyl (C=O) groups excluding carboxylic acids is 1. The summed E-state index contributed by atoms with van der Waals surface area (Å²) in [4.78, 5) is 39.0. The van der Waals surface area contributed by atoms with E-state index in [1.807, 2.05) is 0 Å². The van der Waals surface area contributed by atoms with E-state index >= 15 is 0 Å². The maximum absolute atomic E-state index is 13.3. The third-order valence-electron chi connectivity index (χ3n) is 5.46. The minimum absolute atomic E-state index is 0.0978. The number of hydrogen-bond donors (Lipinski definition) is 1. The zero-order chi connectivity index (χ0) is 25.2. The smallest absolute Gasteiger partial charge is 0.376 e. The van der Waals surface area contributed by atoms with E-state index in [4.69, 9.17) is 4.74 Å². The molecule has 8 nitrogen and oxygen atoms in total. The molecule has 1 fully saturated rings. The van der Waals surface area contributed by atoms with Gasteiger partial charge in [0.15, 0.2) is 0 Å². The predicted molar refractivity (Wildman–Crippen MR) is 116 cm³/mol. The molecule has 12 heteroatoms. The average molecular weight is 492 g/mol. The van der Waals surface area contributed by atoms with Crippen LogP contribution in [-0.4, -0.2) is 39.5 Å². The Kier molecular flexibility index (Phi) is 6.83. The Labute approximate surface area is 195 Å². The molecule has 2 heterocycles. The summed E-state index contributed by atoms with van der Waals surface area (Å²) in [6.07, 6.45) is -3.39. The first-order valence-corrected chi connectivity index (χ1v) is 10.7. The number of aromatic nitrogens is 3. The van der Waals surface area contributed by atoms with E-state index in [1.54, 1.807) is 0 Å². The van der Waals surface area contributed by atoms with Gasteiger partial charge in [0, 0.05) is 13.2 Å². The number of ether oxygens (including phenoxy) is 1. The summed E-state index contributed by atoms with van der Waals surface area (Å²) in [6.45, 7) is 0.287. The Morgan fingerprint density at radius 1 is 1.14 bits per heavy atom. The number of nitrogens with zero attached hydrogens (tertiary/aromatic N) is 3. The number of carbonyl (C=O) groups is 1. The molecule has 1 aromatic heterocycles. The number of rotatable bonds is 6. The number of nitrogens with one attached hydrogen (secondary N) is 1. The predicted octanol–water partition coefficient (Wildman–Crippen LogP) is 2.51. The molecule has 2 aromatic carbocycles. The molecular weight excluding hydrogens is 472 g/mol. The fourth-order valence-corrected chi connectivity index (χ4v) is 3.65. The highest BCUT2D eigenvalue weighted by atomic mass is 19.4. The summed E-state index contributed by atoms with van der Waals surface area (Å²) >= 11 is 0. The van der Waals surface area contributed by atoms with Gasteiger partial charge in [-0.1, -0.05) is 18.2 Å². The molecule has 1 aliphatic rings. The quantitative estimate of drug-likeness (QED) is 0.534. The standard InChI is InChI=1S/C23H20F4N4O4/c24-16-8-6-14(7-9-16)13-30-21(33)19(20(32)28-12-18-5-2-10-35-18)29-31(22(30)34)17-4-1-3-15(11-17)23(25,26)27/h1,3-4,6-9,11,18H,2,5,10,12-13H2,(H,28,32)/t18-/m1/s1. The van der Waals surface area contributed by atoms with Crippen molar-refractivity contribution in [2.24, 2.45) is 0 Å². The maximum Gasteiger partial charge on any atom is 0.416 e. The monoisotopic (exact) mass is 492 g/mol. The van der Waals surface area contributed by atoms with E-state index in [1.165, 1.54) is 18.2 Å². The molecule has 0 radical (unpaired) electrons. The van der Waals surface area contributed by atoms with Gasteiger partial charge in [0.25, 0.3) is 11.5 Å². The second-order valence-corrected chi connectivity index (χ2v) is 7.95. The van der Waals surface area contributed by atoms with Gasteiger partial charge in [0.2, 0.25) is 5.69 Å². The van der Waals surface area contributed by atoms with E-state index in [2.05, 4.69) is 10.4 Å². The fraction of sp³-hybridized carbons (Fsp3) is 0.304. The van der Waals surface area contributed by atoms with Crippen LogP contribution in [0.2, 0.25) is 0 Å². The summed E-state index contributed by atoms with van der Waals surface area (Å²) in [5, 5.41) is 6.35. The topological polar surface area (TPSA) is 95.2 Å². The summed E-state index contributed by atoms with van der Waals surface area (Å²) in [5.41, 5.74) is -3.74. The molecule has 0 unspecified atom stereocenters. The number of benzene rings is 2. The molecule has 1 saturated heterocycles. The third kappa shape index (κ3) is 5.48. The highest BCUT2D eigenvalue weighted by Crippen LogP contribution is 2.30. The Morgan fingerprint density at radius 3 is 2.54 bits per heavy atom. The van der Waals surface area contributed by atoms with Gasteiger partial charge < -0.3 is 10.1 Å². The Bertz CT molecular complexity index is 1340. The lowest BCUT2D eigenvalue weighted by Crippen LogP contribution is -2.46. The zero-order valence-corrected chi connectivity index (χ0v) is 18.2. The van der Waals surface area contributed by atoms with Crippen LogP contribution in [0.3, 0.4) is 0 Å². The van der Waals surface area contributed by atoms with Crippen molar-refractivity contribution in [1.29, 1.82) is 0 Å². The lowest BCUT2D eigenvalue weighted by Gasteiger charge is -2.14. The van der Waals surface area contributed by atoms with Gasteiger partial charge in [-0.05, 0) is 48.7 Å². The van der Waals surface area contributed by atoms with Gasteiger partial charge >= 0.3 is 11.9 Å². The second-order valence-electron chi connectivity index (χ2n) is 7.95. The normalized spacial score (nSPS) is 15.8. The van der Waals surface area contributed by atoms with Crippen molar-refractivity contribution in [2.75, 3.05) is 13.2 Å². The lowest BCUT2D eigenvalue weighted by atomic mass is 10.2. The molecule has 1 aliphatic heterocycles. The van der Waals surface area contributed by atoms with E-state index in [0.29, 0.717) is 33.9 Å². The fourth-order valence-electron chi connectivity index (χ4n) is 3.65. The van der Waals surface area contributed by atoms with Crippen LogP contribution in [-0.2, 0) is 17.5 Å². The van der Waals surface area contributed by atoms with Crippen LogP contribution in [0.5, 0.6) is 0 Å². The second kappa shape index (κ2) is 9.82. The van der Waals surface area contributed by atoms with Crippen LogP contribution < -0.4 is 16.6 Å². The summed E-state index contributed by atoms with van der Waals surface area (Å²) < 4.78 is 59.7. The lowest BCUT2D eigenvalue weighted by molar-refractivity contribution is -0.137. The molecule has 35 heavy (non-hydrogen) atoms. The van der Waals surface area contributed by atoms with Crippen molar-refractivity contribution in [1.82, 2.24) is 19.7 Å². The number of amides is 1. The van der Waals surface area contributed by atoms with E-state index in [9.17, 15) is 31.9 Å². The molecule has 1 atom stereocenters. The van der Waals surface area contributed by atoms with E-state index in [-0.39, 0.29) is 24.9 Å². The average Bonchev–Trinajstić information content (AvgIpc) is 3.35. The highest BCUT2D eigenvalue weighted by molar-refractivity contribution is 5.91. The molecular formula is C23H20F4N4O4. The van der Waals surface area contributed by atoms with Crippen molar-refractivity contribution >= 4 is 5.91 Å². The number of halogens is 4. The number of hydrogen-bond acceptors (Lipinski definition) is 5. The van der Waals surface area contributed by atoms with Gasteiger partial charge in [0.05, 0.1) is 23.9 Å². The van der Waals surface area contributed by atoms with Crippen molar-refractivity contribution in [3.8, 4) is 5.69 Å². The van der Waals surface area contributed by atoms with E-state index in [0.717, 1.165) is 30.7 Å². The van der Waals surface area contributed by atoms with Gasteiger partial charge in [-0.25, -0.2) is 9.18 Å². The van der Waals surface area contributed by atoms with Gasteiger partial charge in [-0.15, -0.1) is 0 Å². The highest BCUT2D eigenvalue weighted by Gasteiger charge is 2.31. The number of alkyl halides is 3. The van der Waals surface area contributed by atoms with Crippen molar-refractivity contribution in [3.63, 3.8) is 0 Å². The first-order valence-electron chi connectivity index (χ1n) is 10.7. The van der Waals surface area contributed by atoms with Crippen molar-refractivity contribution in [3.05, 3.63) is 92.0 Å². The molecule has 1 amide bonds. The van der Waals surface area contributed by atoms with Crippen molar-refractivity contribution < 1.29 is 27.1 Å². The molecule has 4 rings (SSSR count). The Balaban J connectivity index is 1.79. The molecule has 0 saturated carbocycles. The maximum atomic E-state index is 13.3. The van der Waals surface area contributed by atoms with Crippen LogP contribution in [0.4, 0.5) is 17.6 Å². The van der Waals surface area contributed by atoms with Gasteiger partial charge in [-0.3, -0.25) is 14.2 Å². The van der Waals surface area contributed by atoms with Crippen LogP contribution >= 0.6 is 0 Å². The van der Waals surface area contributed by atoms with Crippen LogP contribution in [0.15, 0.2) is 58.1 Å². The molecule has 1 N–H and O–H groups in total. The third-order valence-corrected chi connectivity index (χ3v) is 5.46. The molecule has 0 aliphatic carbocycles. The minimum atomic E-state index is -4.69. The first-order chi connectivity index (χ1) is 16.6. The first kappa shape index (κ1) is 24.3. The van der Waals surface area contributed by atoms with Crippen LogP contribution in [0, 0.1) is 5.82 Å². The van der Waals surface area contributed by atoms with Gasteiger partial charge in [-0.2, -0.15) is 23.0 Å². The summed E-state index contributed by atoms with van der Waals surface area (Å²) in [7, 11) is 0. The van der Waals surface area contributed by atoms with Gasteiger partial charge in [0.1, 0.15) is 5.82 Å². The Hall–Kier alpha value is -3.80. The Morgan fingerprint density at radius 2 is 1.89 bits per heavy atom. The summed E-state index contributed by atoms with van der Waals surface area (Å²) in [6, 6.07) is 8.72. The van der Waals surface area contributed by atoms with Crippen LogP contribution in [0.1, 0.15) is 34.5 Å². The SMILES string of the molecule is O=C(NC[C@H]1CCCO1)c1nn(-c2cccc(C(F)(F)F)c2)c(=O)n(Cc2ccc(F)cc2)c1=O. The summed E-state index contributed by atoms with van der Waals surface area (Å²) in [5.74, 6) is -1.44. The van der Waals surface area contributed by atoms with E-state index < -0.39 is 40.4 Å². The zero-order valence-electron chi connectivity index (χ0n) is 18.2. The van der Waals surface area contributed by atoms with Crippen LogP contribution in [0.25, 0.3) is 5.69 Å². The molecule has 184 valence electrons.